The van der Waals surface area contributed by atoms with Gasteiger partial charge in [0.1, 0.15) is 0 Å². The normalized spacial score (nSPS) is 23.0. The van der Waals surface area contributed by atoms with E-state index in [4.69, 9.17) is 0 Å². The standard InChI is InChI=1S/C16H21BrN2O.ClH/c17-13-5-1-4-12(10-13)16(7-3-8-16)11-19-15(20)14-6-2-9-18-14;/h1,4-5,10,14,18H,2-3,6-9,11H2,(H,19,20);1H. The number of halogens is 2. The number of carbonyl (C=O) groups excluding carboxylic acids is 1. The number of amides is 1. The van der Waals surface area contributed by atoms with E-state index in [0.717, 1.165) is 30.4 Å². The molecule has 1 heterocycles. The summed E-state index contributed by atoms with van der Waals surface area (Å²) >= 11 is 3.54. The van der Waals surface area contributed by atoms with Crippen LogP contribution in [-0.2, 0) is 10.2 Å². The zero-order chi connectivity index (χ0) is 14.0. The molecule has 1 amide bonds. The first-order valence-corrected chi connectivity index (χ1v) is 8.26. The lowest BCUT2D eigenvalue weighted by molar-refractivity contribution is -0.123. The quantitative estimate of drug-likeness (QED) is 0.851. The van der Waals surface area contributed by atoms with Gasteiger partial charge < -0.3 is 10.6 Å². The fourth-order valence-electron chi connectivity index (χ4n) is 3.28. The number of nitrogens with one attached hydrogen (secondary N) is 2. The van der Waals surface area contributed by atoms with Gasteiger partial charge in [-0.2, -0.15) is 0 Å². The predicted molar refractivity (Wildman–Crippen MR) is 91.0 cm³/mol. The molecule has 0 aromatic heterocycles. The summed E-state index contributed by atoms with van der Waals surface area (Å²) < 4.78 is 1.12. The number of benzene rings is 1. The zero-order valence-electron chi connectivity index (χ0n) is 12.0. The molecule has 5 heteroatoms. The molecule has 2 aliphatic rings. The van der Waals surface area contributed by atoms with Gasteiger partial charge >= 0.3 is 0 Å². The van der Waals surface area contributed by atoms with Gasteiger partial charge in [0.25, 0.3) is 0 Å². The molecule has 1 aromatic rings. The minimum absolute atomic E-state index is 0. The van der Waals surface area contributed by atoms with Crippen LogP contribution in [0.5, 0.6) is 0 Å². The van der Waals surface area contributed by atoms with Crippen LogP contribution in [-0.4, -0.2) is 25.0 Å². The summed E-state index contributed by atoms with van der Waals surface area (Å²) in [7, 11) is 0. The lowest BCUT2D eigenvalue weighted by Crippen LogP contribution is -2.49. The van der Waals surface area contributed by atoms with Gasteiger partial charge in [0.15, 0.2) is 0 Å². The summed E-state index contributed by atoms with van der Waals surface area (Å²) in [6.07, 6.45) is 5.66. The first-order valence-electron chi connectivity index (χ1n) is 7.47. The highest BCUT2D eigenvalue weighted by Gasteiger charge is 2.39. The van der Waals surface area contributed by atoms with Crippen molar-refractivity contribution in [3.63, 3.8) is 0 Å². The van der Waals surface area contributed by atoms with Gasteiger partial charge in [-0.15, -0.1) is 12.4 Å². The molecule has 0 bridgehead atoms. The van der Waals surface area contributed by atoms with E-state index in [9.17, 15) is 4.79 Å². The van der Waals surface area contributed by atoms with Crippen molar-refractivity contribution in [1.29, 1.82) is 0 Å². The topological polar surface area (TPSA) is 41.1 Å². The highest BCUT2D eigenvalue weighted by Crippen LogP contribution is 2.43. The maximum Gasteiger partial charge on any atom is 0.237 e. The Labute approximate surface area is 140 Å². The third kappa shape index (κ3) is 3.61. The molecule has 0 spiro atoms. The van der Waals surface area contributed by atoms with Crippen LogP contribution < -0.4 is 10.6 Å². The van der Waals surface area contributed by atoms with Crippen LogP contribution >= 0.6 is 28.3 Å². The van der Waals surface area contributed by atoms with Crippen molar-refractivity contribution in [3.05, 3.63) is 34.3 Å². The first kappa shape index (κ1) is 16.8. The molecule has 2 N–H and O–H groups in total. The Morgan fingerprint density at radius 1 is 1.38 bits per heavy atom. The van der Waals surface area contributed by atoms with Gasteiger partial charge in [-0.25, -0.2) is 0 Å². The van der Waals surface area contributed by atoms with Crippen LogP contribution in [0.3, 0.4) is 0 Å². The third-order valence-corrected chi connectivity index (χ3v) is 5.22. The fraction of sp³-hybridized carbons (Fsp3) is 0.562. The monoisotopic (exact) mass is 372 g/mol. The summed E-state index contributed by atoms with van der Waals surface area (Å²) in [4.78, 5) is 12.1. The number of rotatable bonds is 4. The molecule has 21 heavy (non-hydrogen) atoms. The third-order valence-electron chi connectivity index (χ3n) is 4.73. The van der Waals surface area contributed by atoms with Gasteiger partial charge in [-0.1, -0.05) is 34.5 Å². The van der Waals surface area contributed by atoms with Crippen molar-refractivity contribution in [2.24, 2.45) is 0 Å². The van der Waals surface area contributed by atoms with Crippen LogP contribution in [0.4, 0.5) is 0 Å². The Hall–Kier alpha value is -0.580. The van der Waals surface area contributed by atoms with Crippen molar-refractivity contribution < 1.29 is 4.79 Å². The van der Waals surface area contributed by atoms with Crippen LogP contribution in [0, 0.1) is 0 Å². The Kier molecular flexibility index (Phi) is 5.69. The van der Waals surface area contributed by atoms with Crippen LogP contribution in [0.2, 0.25) is 0 Å². The van der Waals surface area contributed by atoms with Crippen molar-refractivity contribution in [1.82, 2.24) is 10.6 Å². The summed E-state index contributed by atoms with van der Waals surface area (Å²) in [6.45, 7) is 1.73. The molecule has 1 saturated carbocycles. The molecule has 0 radical (unpaired) electrons. The van der Waals surface area contributed by atoms with E-state index in [2.05, 4.69) is 50.8 Å². The molecule has 1 atom stereocenters. The van der Waals surface area contributed by atoms with E-state index in [1.165, 1.54) is 24.8 Å². The first-order chi connectivity index (χ1) is 9.70. The molecule has 1 aliphatic carbocycles. The molecule has 1 aromatic carbocycles. The number of hydrogen-bond acceptors (Lipinski definition) is 2. The van der Waals surface area contributed by atoms with Gasteiger partial charge in [0.05, 0.1) is 6.04 Å². The minimum Gasteiger partial charge on any atom is -0.354 e. The second kappa shape index (κ2) is 7.12. The fourth-order valence-corrected chi connectivity index (χ4v) is 3.68. The van der Waals surface area contributed by atoms with Crippen molar-refractivity contribution in [2.45, 2.75) is 43.6 Å². The van der Waals surface area contributed by atoms with E-state index in [0.29, 0.717) is 0 Å². The molecule has 3 nitrogen and oxygen atoms in total. The SMILES string of the molecule is Cl.O=C(NCC1(c2cccc(Br)c2)CCC1)C1CCCN1. The highest BCUT2D eigenvalue weighted by molar-refractivity contribution is 9.10. The Balaban J connectivity index is 0.00000161. The van der Waals surface area contributed by atoms with E-state index < -0.39 is 0 Å². The summed E-state index contributed by atoms with van der Waals surface area (Å²) in [5.74, 6) is 0.170. The lowest BCUT2D eigenvalue weighted by atomic mass is 9.64. The summed E-state index contributed by atoms with van der Waals surface area (Å²) in [5.41, 5.74) is 1.50. The highest BCUT2D eigenvalue weighted by atomic mass is 79.9. The van der Waals surface area contributed by atoms with E-state index in [1.54, 1.807) is 0 Å². The molecule has 116 valence electrons. The van der Waals surface area contributed by atoms with E-state index in [1.807, 2.05) is 0 Å². The van der Waals surface area contributed by atoms with Gasteiger partial charge in [0.2, 0.25) is 5.91 Å². The Morgan fingerprint density at radius 2 is 2.19 bits per heavy atom. The van der Waals surface area contributed by atoms with Crippen molar-refractivity contribution in [2.75, 3.05) is 13.1 Å². The smallest absolute Gasteiger partial charge is 0.237 e. The van der Waals surface area contributed by atoms with Crippen LogP contribution in [0.1, 0.15) is 37.7 Å². The molecular weight excluding hydrogens is 352 g/mol. The van der Waals surface area contributed by atoms with Gasteiger partial charge in [-0.05, 0) is 49.9 Å². The maximum absolute atomic E-state index is 12.1. The van der Waals surface area contributed by atoms with Crippen LogP contribution in [0.15, 0.2) is 28.7 Å². The van der Waals surface area contributed by atoms with Crippen molar-refractivity contribution >= 4 is 34.2 Å². The maximum atomic E-state index is 12.1. The molecule has 2 fully saturated rings. The molecular formula is C16H22BrClN2O. The second-order valence-corrected chi connectivity index (χ2v) is 6.93. The Morgan fingerprint density at radius 3 is 2.76 bits per heavy atom. The number of hydrogen-bond donors (Lipinski definition) is 2. The number of carbonyl (C=O) groups is 1. The summed E-state index contributed by atoms with van der Waals surface area (Å²) in [6, 6.07) is 8.54. The van der Waals surface area contributed by atoms with Crippen LogP contribution in [0.25, 0.3) is 0 Å². The molecule has 3 rings (SSSR count). The summed E-state index contributed by atoms with van der Waals surface area (Å²) in [5, 5.41) is 6.43. The molecule has 1 saturated heterocycles. The average Bonchev–Trinajstić information content (AvgIpc) is 2.91. The van der Waals surface area contributed by atoms with Crippen molar-refractivity contribution in [3.8, 4) is 0 Å². The van der Waals surface area contributed by atoms with E-state index in [-0.39, 0.29) is 29.8 Å². The Bertz CT molecular complexity index is 499. The lowest BCUT2D eigenvalue weighted by Gasteiger charge is -2.43. The van der Waals surface area contributed by atoms with E-state index >= 15 is 0 Å². The minimum atomic E-state index is 0. The zero-order valence-corrected chi connectivity index (χ0v) is 14.4. The molecule has 1 unspecified atom stereocenters. The predicted octanol–water partition coefficient (Wildman–Crippen LogP) is 3.16. The second-order valence-electron chi connectivity index (χ2n) is 6.01. The largest absolute Gasteiger partial charge is 0.354 e. The van der Waals surface area contributed by atoms with Gasteiger partial charge in [-0.3, -0.25) is 4.79 Å². The van der Waals surface area contributed by atoms with Gasteiger partial charge in [0, 0.05) is 16.4 Å². The molecule has 1 aliphatic heterocycles. The average molecular weight is 374 g/mol.